The van der Waals surface area contributed by atoms with Gasteiger partial charge < -0.3 is 62.5 Å². The van der Waals surface area contributed by atoms with Crippen molar-refractivity contribution in [2.24, 2.45) is 5.92 Å². The molecule has 0 radical (unpaired) electrons. The Kier molecular flexibility index (Phi) is 28.6. The van der Waals surface area contributed by atoms with E-state index in [1.165, 1.54) is 32.9 Å². The van der Waals surface area contributed by atoms with Crippen LogP contribution in [0.15, 0.2) is 218 Å². The molecule has 8 rings (SSSR count). The minimum Gasteiger partial charge on any atom is -0.508 e. The maximum absolute atomic E-state index is 13.5. The molecule has 0 aromatic heterocycles. The van der Waals surface area contributed by atoms with Gasteiger partial charge in [-0.25, -0.2) is 30.6 Å². The number of Topliss-reactive ketones (excluding diaryl/α,β-unsaturated/α-hetero) is 1. The van der Waals surface area contributed by atoms with Crippen LogP contribution in [0.3, 0.4) is 0 Å². The van der Waals surface area contributed by atoms with Crippen LogP contribution in [0.25, 0.3) is 0 Å². The third kappa shape index (κ3) is 25.3. The Morgan fingerprint density at radius 3 is 1.05 bits per heavy atom. The highest BCUT2D eigenvalue weighted by molar-refractivity contribution is 5.88. The molecule has 8 aromatic rings. The largest absolute Gasteiger partial charge is 0.508 e. The van der Waals surface area contributed by atoms with Crippen LogP contribution < -0.4 is 38.5 Å². The number of esters is 5. The standard InChI is InChI=1S/C84H86N4O19/c1-53(2)76(93)97-46-48-99-78(95)60(50-58-11-28-65(90)29-12-58)52-66(91)30-10-56-13-31-68(32-14-56)102-80(85)105-72-41-24-63(25-42-72)84(8,9)64-26-43-73(44-27-64)107-82(87)104-70-35-17-59(18-36-70)51-74(79(96)100-49-47-98-77(94)54(3)4)88-75(92)45-19-57-15-33-69(34-16-57)103-81(86)106-71-39-22-62(23-40-71)83(6,7)61-20-37-67(38-21-61)101-55(5)89/h11-18,20-29,31-44,60,74,85-87,90H,1,3,10,19,30,45-52H2,2,4-9H3,(H,88,92)/t60-,74+/m1/s1. The van der Waals surface area contributed by atoms with E-state index in [2.05, 4.69) is 32.3 Å². The van der Waals surface area contributed by atoms with Gasteiger partial charge in [-0.3, -0.25) is 19.2 Å². The highest BCUT2D eigenvalue weighted by Crippen LogP contribution is 2.36. The number of carbonyl (C=O) groups excluding carboxylic acids is 7. The second kappa shape index (κ2) is 38.2. The number of carbonyl (C=O) groups is 7. The first-order valence-electron chi connectivity index (χ1n) is 34.3. The monoisotopic (exact) mass is 1450 g/mol. The number of ketones is 1. The van der Waals surface area contributed by atoms with E-state index in [4.69, 9.17) is 68.3 Å². The highest BCUT2D eigenvalue weighted by atomic mass is 16.7. The summed E-state index contributed by atoms with van der Waals surface area (Å²) in [6, 6.07) is 54.4. The molecule has 0 aliphatic carbocycles. The average molecular weight is 1460 g/mol. The summed E-state index contributed by atoms with van der Waals surface area (Å²) < 4.78 is 60.2. The summed E-state index contributed by atoms with van der Waals surface area (Å²) in [5.74, 6) is -1.88. The maximum Gasteiger partial charge on any atom is 0.391 e. The lowest BCUT2D eigenvalue weighted by molar-refractivity contribution is -0.154. The quantitative estimate of drug-likeness (QED) is 0.00476. The number of nitrogens with one attached hydrogen (secondary N) is 4. The Bertz CT molecular complexity index is 4460. The molecule has 0 aliphatic heterocycles. The van der Waals surface area contributed by atoms with Crippen LogP contribution in [0.4, 0.5) is 0 Å². The van der Waals surface area contributed by atoms with Gasteiger partial charge in [0.05, 0.1) is 5.92 Å². The number of ether oxygens (including phenoxy) is 11. The summed E-state index contributed by atoms with van der Waals surface area (Å²) in [5, 5.41) is 37.8. The van der Waals surface area contributed by atoms with Gasteiger partial charge in [-0.1, -0.05) is 138 Å². The van der Waals surface area contributed by atoms with Crippen molar-refractivity contribution < 1.29 is 90.8 Å². The van der Waals surface area contributed by atoms with Crippen LogP contribution >= 0.6 is 0 Å². The number of phenols is 1. The Morgan fingerprint density at radius 1 is 0.393 bits per heavy atom. The molecule has 0 aliphatic rings. The molecule has 0 saturated carbocycles. The molecule has 2 atom stereocenters. The molecule has 0 heterocycles. The second-order valence-corrected chi connectivity index (χ2v) is 26.1. The van der Waals surface area contributed by atoms with Crippen LogP contribution in [-0.2, 0) is 89.0 Å². The van der Waals surface area contributed by atoms with E-state index < -0.39 is 76.8 Å². The van der Waals surface area contributed by atoms with Gasteiger partial charge in [-0.05, 0) is 175 Å². The summed E-state index contributed by atoms with van der Waals surface area (Å²) in [4.78, 5) is 88.4. The van der Waals surface area contributed by atoms with Crippen molar-refractivity contribution in [1.29, 1.82) is 16.2 Å². The molecule has 8 aromatic carbocycles. The first-order chi connectivity index (χ1) is 51.0. The molecule has 0 spiro atoms. The van der Waals surface area contributed by atoms with Crippen molar-refractivity contribution in [3.63, 3.8) is 0 Å². The molecule has 0 bridgehead atoms. The van der Waals surface area contributed by atoms with Crippen molar-refractivity contribution in [3.05, 3.63) is 263 Å². The van der Waals surface area contributed by atoms with E-state index in [0.29, 0.717) is 52.9 Å². The minimum atomic E-state index is -1.14. The van der Waals surface area contributed by atoms with Crippen molar-refractivity contribution >= 4 is 59.8 Å². The Labute approximate surface area is 620 Å². The third-order valence-corrected chi connectivity index (χ3v) is 17.0. The SMILES string of the molecule is C=C(C)C(=O)OCCOC(=O)[C@@H](CC(=O)CCc1ccc(OC(=N)Oc2ccc(C(C)(C)c3ccc(OC(=N)Oc4ccc(C[C@H](NC(=O)CCc5ccc(OC(=N)Oc6ccc(C(C)(C)c7ccc(OC(C)=O)cc7)cc6)cc5)C(=O)OCCOC(=O)C(=C)C)cc4)cc3)cc2)cc1)Cc1ccc(O)cc1. The number of phenolic OH excluding ortho intramolecular Hbond substituents is 1. The number of aromatic hydroxyl groups is 1. The zero-order valence-corrected chi connectivity index (χ0v) is 60.6. The van der Waals surface area contributed by atoms with Gasteiger partial charge in [0.2, 0.25) is 5.91 Å². The number of hydrogen-bond donors (Lipinski definition) is 5. The molecule has 0 saturated heterocycles. The number of rotatable bonds is 34. The number of hydrogen-bond acceptors (Lipinski definition) is 22. The molecule has 556 valence electrons. The summed E-state index contributed by atoms with van der Waals surface area (Å²) in [6.45, 7) is 18.8. The fraction of sp³-hybridized carbons (Fsp3) is 0.262. The van der Waals surface area contributed by atoms with E-state index in [9.17, 15) is 38.7 Å². The predicted molar refractivity (Wildman–Crippen MR) is 398 cm³/mol. The van der Waals surface area contributed by atoms with Gasteiger partial charge in [0, 0.05) is 54.6 Å². The lowest BCUT2D eigenvalue weighted by Gasteiger charge is -2.26. The van der Waals surface area contributed by atoms with Gasteiger partial charge in [0.15, 0.2) is 0 Å². The molecule has 1 amide bonds. The Morgan fingerprint density at radius 2 is 0.692 bits per heavy atom. The summed E-state index contributed by atoms with van der Waals surface area (Å²) in [6.07, 6.45) is -0.511. The van der Waals surface area contributed by atoms with Crippen LogP contribution in [0.1, 0.15) is 112 Å². The van der Waals surface area contributed by atoms with Crippen LogP contribution in [0.2, 0.25) is 0 Å². The zero-order valence-electron chi connectivity index (χ0n) is 60.6. The molecule has 0 unspecified atom stereocenters. The van der Waals surface area contributed by atoms with E-state index in [-0.39, 0.29) is 87.0 Å². The minimum absolute atomic E-state index is 0.00352. The van der Waals surface area contributed by atoms with E-state index >= 15 is 0 Å². The van der Waals surface area contributed by atoms with Crippen LogP contribution in [-0.4, -0.2) is 97.4 Å². The van der Waals surface area contributed by atoms with Gasteiger partial charge in [-0.15, -0.1) is 0 Å². The topological polar surface area (TPSA) is 325 Å². The van der Waals surface area contributed by atoms with Gasteiger partial charge in [-0.2, -0.15) is 0 Å². The van der Waals surface area contributed by atoms with Crippen molar-refractivity contribution in [2.75, 3.05) is 26.4 Å². The lowest BCUT2D eigenvalue weighted by Crippen LogP contribution is -2.43. The van der Waals surface area contributed by atoms with Gasteiger partial charge in [0.1, 0.15) is 84.2 Å². The molecular formula is C84H86N4O19. The first kappa shape index (κ1) is 80.0. The van der Waals surface area contributed by atoms with Gasteiger partial charge in [0.25, 0.3) is 0 Å². The number of aryl methyl sites for hydroxylation is 2. The Hall–Kier alpha value is -12.7. The van der Waals surface area contributed by atoms with E-state index in [1.807, 2.05) is 62.4 Å². The van der Waals surface area contributed by atoms with Crippen molar-refractivity contribution in [3.8, 4) is 46.0 Å². The molecular weight excluding hydrogens is 1370 g/mol. The molecule has 5 N–H and O–H groups in total. The van der Waals surface area contributed by atoms with E-state index in [0.717, 1.165) is 38.9 Å². The summed E-state index contributed by atoms with van der Waals surface area (Å²) in [7, 11) is 0. The van der Waals surface area contributed by atoms with Crippen molar-refractivity contribution in [2.45, 2.75) is 110 Å². The van der Waals surface area contributed by atoms with Crippen LogP contribution in [0, 0.1) is 22.1 Å². The maximum atomic E-state index is 13.5. The first-order valence-corrected chi connectivity index (χ1v) is 34.3. The molecule has 23 heteroatoms. The molecule has 23 nitrogen and oxygen atoms in total. The summed E-state index contributed by atoms with van der Waals surface area (Å²) >= 11 is 0. The molecule has 107 heavy (non-hydrogen) atoms. The predicted octanol–water partition coefficient (Wildman–Crippen LogP) is 13.9. The van der Waals surface area contributed by atoms with E-state index in [1.54, 1.807) is 133 Å². The smallest absolute Gasteiger partial charge is 0.391 e. The van der Waals surface area contributed by atoms with Gasteiger partial charge >= 0.3 is 48.1 Å². The third-order valence-electron chi connectivity index (χ3n) is 17.0. The fourth-order valence-electron chi connectivity index (χ4n) is 10.9. The summed E-state index contributed by atoms with van der Waals surface area (Å²) in [5.41, 5.74) is 6.27. The Balaban J connectivity index is 0.765. The number of benzene rings is 8. The average Bonchev–Trinajstić information content (AvgIpc) is 0.806. The van der Waals surface area contributed by atoms with Crippen LogP contribution in [0.5, 0.6) is 46.0 Å². The zero-order chi connectivity index (χ0) is 77.2. The normalized spacial score (nSPS) is 11.6. The fourth-order valence-corrected chi connectivity index (χ4v) is 10.9. The van der Waals surface area contributed by atoms with Crippen molar-refractivity contribution in [1.82, 2.24) is 5.32 Å². The highest BCUT2D eigenvalue weighted by Gasteiger charge is 2.28. The molecule has 0 fully saturated rings. The lowest BCUT2D eigenvalue weighted by atomic mass is 9.78. The second-order valence-electron chi connectivity index (χ2n) is 26.1. The number of amides is 1.